The molecule has 0 bridgehead atoms. The van der Waals surface area contributed by atoms with Gasteiger partial charge < -0.3 is 17.1 Å². The van der Waals surface area contributed by atoms with Crippen LogP contribution in [0.5, 0.6) is 0 Å². The molecule has 4 nitrogen and oxygen atoms in total. The van der Waals surface area contributed by atoms with E-state index >= 15 is 0 Å². The second-order valence-corrected chi connectivity index (χ2v) is 18.3. The third kappa shape index (κ3) is 12.9. The Bertz CT molecular complexity index is 477. The Morgan fingerprint density at radius 1 is 0.655 bits per heavy atom. The zero-order chi connectivity index (χ0) is 22.2. The molecule has 0 saturated heterocycles. The summed E-state index contributed by atoms with van der Waals surface area (Å²) in [4.78, 5) is 0. The van der Waals surface area contributed by atoms with Crippen LogP contribution < -0.4 is 0 Å². The SMILES string of the molecule is C=CCO[Si](C)(C=C)O[Si](C)(CCCCCCCC)O[Si](C)(CCC)OCC=C. The molecule has 0 amide bonds. The predicted octanol–water partition coefficient (Wildman–Crippen LogP) is 7.14. The van der Waals surface area contributed by atoms with Gasteiger partial charge in [0.2, 0.25) is 0 Å². The van der Waals surface area contributed by atoms with E-state index < -0.39 is 25.7 Å². The highest BCUT2D eigenvalue weighted by Crippen LogP contribution is 2.30. The summed E-state index contributed by atoms with van der Waals surface area (Å²) in [6, 6.07) is 1.90. The molecule has 0 heterocycles. The fraction of sp³-hybridized carbons (Fsp3) is 0.727. The summed E-state index contributed by atoms with van der Waals surface area (Å²) in [5.74, 6) is 0. The van der Waals surface area contributed by atoms with E-state index in [0.29, 0.717) is 13.2 Å². The molecule has 0 spiro atoms. The van der Waals surface area contributed by atoms with Gasteiger partial charge >= 0.3 is 25.7 Å². The first-order valence-electron chi connectivity index (χ1n) is 11.3. The molecule has 170 valence electrons. The highest BCUT2D eigenvalue weighted by Gasteiger charge is 2.47. The highest BCUT2D eigenvalue weighted by molar-refractivity contribution is 6.87. The van der Waals surface area contributed by atoms with Crippen LogP contribution in [0.15, 0.2) is 37.6 Å². The first-order chi connectivity index (χ1) is 13.7. The highest BCUT2D eigenvalue weighted by atomic mass is 28.5. The van der Waals surface area contributed by atoms with E-state index in [2.05, 4.69) is 46.7 Å². The average molecular weight is 459 g/mol. The van der Waals surface area contributed by atoms with Gasteiger partial charge in [0.25, 0.3) is 0 Å². The van der Waals surface area contributed by atoms with Crippen molar-refractivity contribution < 1.29 is 17.1 Å². The molecular weight excluding hydrogens is 412 g/mol. The second-order valence-electron chi connectivity index (χ2n) is 8.16. The predicted molar refractivity (Wildman–Crippen MR) is 133 cm³/mol. The Morgan fingerprint density at radius 3 is 1.79 bits per heavy atom. The lowest BCUT2D eigenvalue weighted by atomic mass is 10.1. The van der Waals surface area contributed by atoms with Crippen molar-refractivity contribution in [3.63, 3.8) is 0 Å². The summed E-state index contributed by atoms with van der Waals surface area (Å²) in [5.41, 5.74) is 1.86. The summed E-state index contributed by atoms with van der Waals surface area (Å²) < 4.78 is 25.8. The molecule has 0 aromatic rings. The molecule has 0 aromatic heterocycles. The number of rotatable bonds is 20. The third-order valence-corrected chi connectivity index (χ3v) is 16.6. The second kappa shape index (κ2) is 15.5. The fourth-order valence-electron chi connectivity index (χ4n) is 3.43. The van der Waals surface area contributed by atoms with E-state index in [0.717, 1.165) is 24.9 Å². The fourth-order valence-corrected chi connectivity index (χ4v) is 16.1. The zero-order valence-electron chi connectivity index (χ0n) is 19.8. The van der Waals surface area contributed by atoms with Crippen LogP contribution in [0.25, 0.3) is 0 Å². The molecule has 0 radical (unpaired) electrons. The number of unbranched alkanes of at least 4 members (excludes halogenated alkanes) is 5. The minimum absolute atomic E-state index is 0.465. The molecule has 3 unspecified atom stereocenters. The van der Waals surface area contributed by atoms with Crippen molar-refractivity contribution in [3.05, 3.63) is 37.6 Å². The van der Waals surface area contributed by atoms with E-state index in [1.54, 1.807) is 12.2 Å². The minimum atomic E-state index is -2.54. The molecule has 0 aliphatic heterocycles. The van der Waals surface area contributed by atoms with Crippen LogP contribution in [0.3, 0.4) is 0 Å². The Hall–Kier alpha value is -0.289. The van der Waals surface area contributed by atoms with Gasteiger partial charge in [-0.05, 0) is 31.7 Å². The molecule has 0 aliphatic rings. The largest absolute Gasteiger partial charge is 0.415 e. The van der Waals surface area contributed by atoms with Crippen LogP contribution in [0.1, 0.15) is 58.8 Å². The van der Waals surface area contributed by atoms with Gasteiger partial charge in [-0.15, -0.1) is 19.7 Å². The van der Waals surface area contributed by atoms with Gasteiger partial charge in [0.05, 0.1) is 13.2 Å². The quantitative estimate of drug-likeness (QED) is 0.110. The van der Waals surface area contributed by atoms with Crippen molar-refractivity contribution in [2.75, 3.05) is 13.2 Å². The standard InChI is InChI=1S/C22H46O4Si3/c1-9-14-15-16-17-18-22-29(8,25-27(6,13-5)23-19-10-2)26-28(7,21-12-4)24-20-11-3/h10-11,13H,2-3,5,9,12,14-22H2,1,4,6-8H3. The first-order valence-corrected chi connectivity index (χ1v) is 18.7. The summed E-state index contributed by atoms with van der Waals surface area (Å²) in [6.07, 6.45) is 12.1. The Morgan fingerprint density at radius 2 is 1.24 bits per heavy atom. The van der Waals surface area contributed by atoms with Gasteiger partial charge in [0.15, 0.2) is 0 Å². The van der Waals surface area contributed by atoms with Crippen molar-refractivity contribution in [2.24, 2.45) is 0 Å². The topological polar surface area (TPSA) is 36.9 Å². The van der Waals surface area contributed by atoms with Crippen LogP contribution in [-0.4, -0.2) is 38.9 Å². The van der Waals surface area contributed by atoms with E-state index in [1.807, 2.05) is 12.2 Å². The Kier molecular flexibility index (Phi) is 15.3. The monoisotopic (exact) mass is 458 g/mol. The molecule has 0 rings (SSSR count). The van der Waals surface area contributed by atoms with Crippen LogP contribution >= 0.6 is 0 Å². The number of hydrogen-bond donors (Lipinski definition) is 0. The smallest absolute Gasteiger partial charge is 0.352 e. The van der Waals surface area contributed by atoms with Crippen LogP contribution in [0.2, 0.25) is 31.7 Å². The van der Waals surface area contributed by atoms with E-state index in [-0.39, 0.29) is 0 Å². The molecule has 0 aliphatic carbocycles. The lowest BCUT2D eigenvalue weighted by Crippen LogP contribution is -2.57. The number of hydrogen-bond acceptors (Lipinski definition) is 4. The maximum atomic E-state index is 6.84. The van der Waals surface area contributed by atoms with Crippen molar-refractivity contribution in [2.45, 2.75) is 90.5 Å². The third-order valence-electron chi connectivity index (χ3n) is 4.90. The van der Waals surface area contributed by atoms with Gasteiger partial charge in [-0.2, -0.15) is 0 Å². The van der Waals surface area contributed by atoms with Crippen molar-refractivity contribution in [1.29, 1.82) is 0 Å². The summed E-state index contributed by atoms with van der Waals surface area (Å²) in [6.45, 7) is 23.4. The van der Waals surface area contributed by atoms with Gasteiger partial charge in [-0.1, -0.05) is 76.6 Å². The molecule has 3 atom stereocenters. The van der Waals surface area contributed by atoms with Crippen molar-refractivity contribution in [1.82, 2.24) is 0 Å². The molecule has 0 N–H and O–H groups in total. The van der Waals surface area contributed by atoms with Crippen LogP contribution in [-0.2, 0) is 17.1 Å². The normalized spacial score (nSPS) is 17.7. The molecule has 0 aromatic carbocycles. The lowest BCUT2D eigenvalue weighted by Gasteiger charge is -2.41. The van der Waals surface area contributed by atoms with Gasteiger partial charge in [-0.3, -0.25) is 0 Å². The Balaban J connectivity index is 5.33. The van der Waals surface area contributed by atoms with Gasteiger partial charge in [0, 0.05) is 0 Å². The van der Waals surface area contributed by atoms with Gasteiger partial charge in [-0.25, -0.2) is 0 Å². The van der Waals surface area contributed by atoms with Gasteiger partial charge in [0.1, 0.15) is 0 Å². The maximum Gasteiger partial charge on any atom is 0.352 e. The van der Waals surface area contributed by atoms with Crippen LogP contribution in [0, 0.1) is 0 Å². The van der Waals surface area contributed by atoms with Crippen molar-refractivity contribution >= 4 is 25.7 Å². The van der Waals surface area contributed by atoms with E-state index in [1.165, 1.54) is 32.1 Å². The van der Waals surface area contributed by atoms with E-state index in [9.17, 15) is 0 Å². The Labute approximate surface area is 184 Å². The summed E-state index contributed by atoms with van der Waals surface area (Å²) in [5, 5.41) is 0. The van der Waals surface area contributed by atoms with Crippen molar-refractivity contribution in [3.8, 4) is 0 Å². The lowest BCUT2D eigenvalue weighted by molar-refractivity contribution is 0.219. The van der Waals surface area contributed by atoms with Crippen LogP contribution in [0.4, 0.5) is 0 Å². The molecule has 0 saturated carbocycles. The zero-order valence-corrected chi connectivity index (χ0v) is 22.8. The minimum Gasteiger partial charge on any atom is -0.415 e. The molecule has 29 heavy (non-hydrogen) atoms. The molecule has 0 fully saturated rings. The van der Waals surface area contributed by atoms with E-state index in [4.69, 9.17) is 17.1 Å². The summed E-state index contributed by atoms with van der Waals surface area (Å²) in [7, 11) is -7.41. The first kappa shape index (κ1) is 28.7. The average Bonchev–Trinajstić information content (AvgIpc) is 2.67. The molecular formula is C22H46O4Si3. The molecule has 7 heteroatoms. The maximum absolute atomic E-state index is 6.84. The summed E-state index contributed by atoms with van der Waals surface area (Å²) >= 11 is 0.